The quantitative estimate of drug-likeness (QED) is 0.752. The summed E-state index contributed by atoms with van der Waals surface area (Å²) in [7, 11) is 1.49. The molecule has 0 radical (unpaired) electrons. The Hall–Kier alpha value is -2.13. The Morgan fingerprint density at radius 1 is 0.958 bits per heavy atom. The summed E-state index contributed by atoms with van der Waals surface area (Å²) in [5.74, 6) is -0.00841. The van der Waals surface area contributed by atoms with Crippen molar-refractivity contribution in [3.8, 4) is 0 Å². The van der Waals surface area contributed by atoms with Gasteiger partial charge in [-0.2, -0.15) is 0 Å². The van der Waals surface area contributed by atoms with Gasteiger partial charge in [0.25, 0.3) is 0 Å². The highest BCUT2D eigenvalue weighted by atomic mass is 16.5. The van der Waals surface area contributed by atoms with E-state index in [1.165, 1.54) is 18.2 Å². The molecule has 1 saturated carbocycles. The van der Waals surface area contributed by atoms with Crippen LogP contribution in [0.2, 0.25) is 0 Å². The topological polar surface area (TPSA) is 29.5 Å². The highest BCUT2D eigenvalue weighted by Crippen LogP contribution is 2.32. The van der Waals surface area contributed by atoms with Crippen molar-refractivity contribution >= 4 is 5.97 Å². The Morgan fingerprint density at radius 3 is 2.00 bits per heavy atom. The van der Waals surface area contributed by atoms with E-state index in [0.29, 0.717) is 6.04 Å². The number of hydrogen-bond acceptors (Lipinski definition) is 3. The summed E-state index contributed by atoms with van der Waals surface area (Å²) < 4.78 is 4.94. The molecule has 2 aromatic carbocycles. The maximum absolute atomic E-state index is 11.9. The molecule has 0 N–H and O–H groups in total. The number of hydrogen-bond donors (Lipinski definition) is 0. The van der Waals surface area contributed by atoms with Crippen molar-refractivity contribution < 1.29 is 9.53 Å². The molecular weight excluding hydrogens is 298 g/mol. The zero-order valence-electron chi connectivity index (χ0n) is 14.2. The van der Waals surface area contributed by atoms with Gasteiger partial charge in [0, 0.05) is 19.1 Å². The lowest BCUT2D eigenvalue weighted by Gasteiger charge is -2.29. The standard InChI is InChI=1S/C21H25NO2/c1-24-21(23)19-12-13-20(14-19)22(15-17-8-4-2-5-9-17)16-18-10-6-3-7-11-18/h2-11,19-20H,12-16H2,1H3/t19-,20+/m0/s1. The monoisotopic (exact) mass is 323 g/mol. The summed E-state index contributed by atoms with van der Waals surface area (Å²) in [5, 5.41) is 0. The first kappa shape index (κ1) is 16.7. The molecule has 0 amide bonds. The van der Waals surface area contributed by atoms with Crippen LogP contribution in [0.4, 0.5) is 0 Å². The Labute approximate surface area is 144 Å². The molecule has 0 unspecified atom stereocenters. The second-order valence-corrected chi connectivity index (χ2v) is 6.56. The largest absolute Gasteiger partial charge is 0.469 e. The minimum absolute atomic E-state index is 0.0500. The fourth-order valence-electron chi connectivity index (χ4n) is 3.62. The van der Waals surface area contributed by atoms with Crippen molar-refractivity contribution in [1.82, 2.24) is 4.90 Å². The molecule has 126 valence electrons. The molecular formula is C21H25NO2. The van der Waals surface area contributed by atoms with Gasteiger partial charge in [0.15, 0.2) is 0 Å². The maximum Gasteiger partial charge on any atom is 0.308 e. The van der Waals surface area contributed by atoms with Crippen molar-refractivity contribution in [2.75, 3.05) is 7.11 Å². The summed E-state index contributed by atoms with van der Waals surface area (Å²) in [5.41, 5.74) is 2.63. The average Bonchev–Trinajstić information content (AvgIpc) is 3.12. The predicted octanol–water partition coefficient (Wildman–Crippen LogP) is 4.03. The van der Waals surface area contributed by atoms with Gasteiger partial charge in [0.05, 0.1) is 13.0 Å². The van der Waals surface area contributed by atoms with E-state index >= 15 is 0 Å². The van der Waals surface area contributed by atoms with Gasteiger partial charge in [-0.3, -0.25) is 9.69 Å². The Bertz CT molecular complexity index is 600. The third kappa shape index (κ3) is 4.24. The van der Waals surface area contributed by atoms with E-state index < -0.39 is 0 Å². The zero-order valence-corrected chi connectivity index (χ0v) is 14.2. The molecule has 0 bridgehead atoms. The molecule has 1 aliphatic rings. The van der Waals surface area contributed by atoms with Crippen LogP contribution in [0.3, 0.4) is 0 Å². The fraction of sp³-hybridized carbons (Fsp3) is 0.381. The molecule has 3 nitrogen and oxygen atoms in total. The van der Waals surface area contributed by atoms with Crippen molar-refractivity contribution in [1.29, 1.82) is 0 Å². The number of ether oxygens (including phenoxy) is 1. The fourth-order valence-corrected chi connectivity index (χ4v) is 3.62. The van der Waals surface area contributed by atoms with E-state index in [2.05, 4.69) is 53.4 Å². The SMILES string of the molecule is COC(=O)[C@H]1CC[C@@H](N(Cc2ccccc2)Cc2ccccc2)C1. The minimum Gasteiger partial charge on any atom is -0.469 e. The number of carbonyl (C=O) groups excluding carboxylic acids is 1. The zero-order chi connectivity index (χ0) is 16.8. The van der Waals surface area contributed by atoms with Gasteiger partial charge in [-0.15, -0.1) is 0 Å². The molecule has 0 aliphatic heterocycles. The predicted molar refractivity (Wildman–Crippen MR) is 95.3 cm³/mol. The lowest BCUT2D eigenvalue weighted by Crippen LogP contribution is -2.33. The molecule has 24 heavy (non-hydrogen) atoms. The Kier molecular flexibility index (Phi) is 5.65. The summed E-state index contributed by atoms with van der Waals surface area (Å²) in [6.45, 7) is 1.82. The number of methoxy groups -OCH3 is 1. The van der Waals surface area contributed by atoms with Crippen LogP contribution in [0.15, 0.2) is 60.7 Å². The minimum atomic E-state index is -0.0585. The molecule has 0 spiro atoms. The highest BCUT2D eigenvalue weighted by Gasteiger charge is 2.33. The maximum atomic E-state index is 11.9. The van der Waals surface area contributed by atoms with Gasteiger partial charge in [0.2, 0.25) is 0 Å². The van der Waals surface area contributed by atoms with Crippen LogP contribution in [0.25, 0.3) is 0 Å². The summed E-state index contributed by atoms with van der Waals surface area (Å²) in [6.07, 6.45) is 2.88. The summed E-state index contributed by atoms with van der Waals surface area (Å²) >= 11 is 0. The van der Waals surface area contributed by atoms with Crippen LogP contribution in [0, 0.1) is 5.92 Å². The molecule has 3 rings (SSSR count). The van der Waals surface area contributed by atoms with E-state index in [4.69, 9.17) is 4.74 Å². The number of rotatable bonds is 6. The molecule has 0 heterocycles. The normalized spacial score (nSPS) is 20.2. The van der Waals surface area contributed by atoms with Gasteiger partial charge < -0.3 is 4.74 Å². The number of benzene rings is 2. The van der Waals surface area contributed by atoms with E-state index in [-0.39, 0.29) is 11.9 Å². The van der Waals surface area contributed by atoms with Crippen LogP contribution in [0.5, 0.6) is 0 Å². The lowest BCUT2D eigenvalue weighted by molar-refractivity contribution is -0.145. The first-order valence-electron chi connectivity index (χ1n) is 8.66. The second kappa shape index (κ2) is 8.11. The Balaban J connectivity index is 1.73. The molecule has 0 aromatic heterocycles. The number of nitrogens with zero attached hydrogens (tertiary/aromatic N) is 1. The van der Waals surface area contributed by atoms with Crippen LogP contribution < -0.4 is 0 Å². The lowest BCUT2D eigenvalue weighted by atomic mass is 10.1. The number of carbonyl (C=O) groups is 1. The van der Waals surface area contributed by atoms with Gasteiger partial charge in [-0.1, -0.05) is 60.7 Å². The molecule has 1 fully saturated rings. The first-order valence-corrected chi connectivity index (χ1v) is 8.66. The van der Waals surface area contributed by atoms with Crippen LogP contribution >= 0.6 is 0 Å². The van der Waals surface area contributed by atoms with Crippen LogP contribution in [-0.4, -0.2) is 24.0 Å². The van der Waals surface area contributed by atoms with Gasteiger partial charge >= 0.3 is 5.97 Å². The van der Waals surface area contributed by atoms with E-state index in [1.54, 1.807) is 0 Å². The average molecular weight is 323 g/mol. The van der Waals surface area contributed by atoms with Gasteiger partial charge in [-0.05, 0) is 30.4 Å². The molecule has 2 atom stereocenters. The third-order valence-electron chi connectivity index (χ3n) is 4.91. The van der Waals surface area contributed by atoms with Crippen LogP contribution in [-0.2, 0) is 22.6 Å². The van der Waals surface area contributed by atoms with Crippen LogP contribution in [0.1, 0.15) is 30.4 Å². The van der Waals surface area contributed by atoms with Gasteiger partial charge in [-0.25, -0.2) is 0 Å². The Morgan fingerprint density at radius 2 is 1.50 bits per heavy atom. The first-order chi connectivity index (χ1) is 11.8. The second-order valence-electron chi connectivity index (χ2n) is 6.56. The summed E-state index contributed by atoms with van der Waals surface area (Å²) in [4.78, 5) is 14.4. The van der Waals surface area contributed by atoms with Crippen molar-refractivity contribution in [2.24, 2.45) is 5.92 Å². The summed E-state index contributed by atoms with van der Waals surface area (Å²) in [6, 6.07) is 21.6. The van der Waals surface area contributed by atoms with Crippen molar-refractivity contribution in [3.05, 3.63) is 71.8 Å². The molecule has 0 saturated heterocycles. The third-order valence-corrected chi connectivity index (χ3v) is 4.91. The number of esters is 1. The smallest absolute Gasteiger partial charge is 0.308 e. The van der Waals surface area contributed by atoms with Crippen molar-refractivity contribution in [2.45, 2.75) is 38.4 Å². The van der Waals surface area contributed by atoms with Crippen molar-refractivity contribution in [3.63, 3.8) is 0 Å². The van der Waals surface area contributed by atoms with Gasteiger partial charge in [0.1, 0.15) is 0 Å². The molecule has 3 heteroatoms. The molecule has 1 aliphatic carbocycles. The van der Waals surface area contributed by atoms with E-state index in [0.717, 1.165) is 32.4 Å². The van der Waals surface area contributed by atoms with E-state index in [9.17, 15) is 4.79 Å². The van der Waals surface area contributed by atoms with E-state index in [1.807, 2.05) is 12.1 Å². The molecule has 2 aromatic rings. The highest BCUT2D eigenvalue weighted by molar-refractivity contribution is 5.72.